The van der Waals surface area contributed by atoms with Gasteiger partial charge < -0.3 is 9.80 Å². The minimum atomic E-state index is -0.261. The minimum absolute atomic E-state index is 0.0303. The Bertz CT molecular complexity index is 1030. The summed E-state index contributed by atoms with van der Waals surface area (Å²) in [5.41, 5.74) is 2.24. The molecule has 1 saturated heterocycles. The molecular formula is C24H30FN5O2. The summed E-state index contributed by atoms with van der Waals surface area (Å²) in [7, 11) is 3.78. The van der Waals surface area contributed by atoms with Crippen LogP contribution in [0.25, 0.3) is 0 Å². The van der Waals surface area contributed by atoms with Gasteiger partial charge in [0.05, 0.1) is 13.0 Å². The van der Waals surface area contributed by atoms with Crippen LogP contribution in [0.5, 0.6) is 0 Å². The monoisotopic (exact) mass is 439 g/mol. The van der Waals surface area contributed by atoms with Crippen LogP contribution in [0.3, 0.4) is 0 Å². The molecule has 0 aliphatic carbocycles. The van der Waals surface area contributed by atoms with Gasteiger partial charge in [-0.15, -0.1) is 0 Å². The summed E-state index contributed by atoms with van der Waals surface area (Å²) in [5.74, 6) is 1.20. The van der Waals surface area contributed by atoms with Crippen molar-refractivity contribution in [3.05, 3.63) is 52.7 Å². The maximum Gasteiger partial charge on any atom is 0.236 e. The molecule has 2 aromatic rings. The third-order valence-corrected chi connectivity index (χ3v) is 6.25. The lowest BCUT2D eigenvalue weighted by atomic mass is 9.96. The van der Waals surface area contributed by atoms with E-state index in [0.29, 0.717) is 43.3 Å². The van der Waals surface area contributed by atoms with Gasteiger partial charge in [0, 0.05) is 36.8 Å². The van der Waals surface area contributed by atoms with E-state index in [4.69, 9.17) is 9.97 Å². The number of carbonyl (C=O) groups is 2. The van der Waals surface area contributed by atoms with Crippen molar-refractivity contribution in [3.8, 4) is 0 Å². The summed E-state index contributed by atoms with van der Waals surface area (Å²) < 4.78 is 14.0. The molecule has 0 radical (unpaired) electrons. The van der Waals surface area contributed by atoms with Crippen LogP contribution >= 0.6 is 0 Å². The zero-order valence-corrected chi connectivity index (χ0v) is 19.0. The number of piperidine rings is 1. The van der Waals surface area contributed by atoms with Gasteiger partial charge in [-0.1, -0.05) is 18.2 Å². The van der Waals surface area contributed by atoms with E-state index in [1.807, 2.05) is 30.8 Å². The lowest BCUT2D eigenvalue weighted by molar-refractivity contribution is -0.133. The number of benzene rings is 1. The maximum atomic E-state index is 14.0. The van der Waals surface area contributed by atoms with Gasteiger partial charge >= 0.3 is 0 Å². The number of likely N-dealkylation sites (N-methyl/N-ethyl adjacent to an activating group) is 1. The molecule has 0 spiro atoms. The van der Waals surface area contributed by atoms with E-state index in [2.05, 4.69) is 0 Å². The summed E-state index contributed by atoms with van der Waals surface area (Å²) >= 11 is 0. The highest BCUT2D eigenvalue weighted by molar-refractivity contribution is 6.00. The SMILES string of the molecule is Cc1nc([C@H]2CCCN(C(=O)CN(C)C)C2)nc2c1CC(=O)N2CCc1ccccc1F. The Labute approximate surface area is 188 Å². The molecule has 0 saturated carbocycles. The second kappa shape index (κ2) is 9.32. The lowest BCUT2D eigenvalue weighted by Crippen LogP contribution is -2.43. The summed E-state index contributed by atoms with van der Waals surface area (Å²) in [4.78, 5) is 40.2. The molecular weight excluding hydrogens is 409 g/mol. The fourth-order valence-corrected chi connectivity index (χ4v) is 4.53. The average Bonchev–Trinajstić information content (AvgIpc) is 3.08. The van der Waals surface area contributed by atoms with Crippen molar-refractivity contribution in [2.45, 2.75) is 38.5 Å². The molecule has 170 valence electrons. The third kappa shape index (κ3) is 4.65. The van der Waals surface area contributed by atoms with Gasteiger partial charge in [0.25, 0.3) is 0 Å². The van der Waals surface area contributed by atoms with E-state index in [-0.39, 0.29) is 30.0 Å². The average molecular weight is 440 g/mol. The quantitative estimate of drug-likeness (QED) is 0.691. The zero-order chi connectivity index (χ0) is 22.8. The number of hydrogen-bond donors (Lipinski definition) is 0. The number of fused-ring (bicyclic) bond motifs is 1. The number of amides is 2. The smallest absolute Gasteiger partial charge is 0.236 e. The normalized spacial score (nSPS) is 18.4. The van der Waals surface area contributed by atoms with E-state index >= 15 is 0 Å². The molecule has 1 aromatic carbocycles. The largest absolute Gasteiger partial charge is 0.341 e. The number of carbonyl (C=O) groups excluding carboxylic acids is 2. The standard InChI is InChI=1S/C24H30FN5O2/c1-16-19-13-21(31)30(12-10-17-7-4-5-9-20(17)25)24(19)27-23(26-16)18-8-6-11-29(14-18)22(32)15-28(2)3/h4-5,7,9,18H,6,8,10-15H2,1-3H3/t18-/m0/s1. The molecule has 1 aromatic heterocycles. The number of hydrogen-bond acceptors (Lipinski definition) is 5. The van der Waals surface area contributed by atoms with Crippen LogP contribution in [0.1, 0.15) is 41.4 Å². The van der Waals surface area contributed by atoms with Crippen molar-refractivity contribution in [3.63, 3.8) is 0 Å². The van der Waals surface area contributed by atoms with Crippen molar-refractivity contribution in [2.24, 2.45) is 0 Å². The molecule has 1 atom stereocenters. The van der Waals surface area contributed by atoms with Crippen LogP contribution in [0.2, 0.25) is 0 Å². The first-order chi connectivity index (χ1) is 15.3. The number of halogens is 1. The molecule has 2 aliphatic heterocycles. The Morgan fingerprint density at radius 1 is 1.25 bits per heavy atom. The van der Waals surface area contributed by atoms with Crippen LogP contribution < -0.4 is 4.90 Å². The lowest BCUT2D eigenvalue weighted by Gasteiger charge is -2.33. The fraction of sp³-hybridized carbons (Fsp3) is 0.500. The summed E-state index contributed by atoms with van der Waals surface area (Å²) in [6.07, 6.45) is 2.51. The van der Waals surface area contributed by atoms with E-state index in [1.165, 1.54) is 6.07 Å². The third-order valence-electron chi connectivity index (χ3n) is 6.25. The van der Waals surface area contributed by atoms with Crippen LogP contribution in [0.4, 0.5) is 10.2 Å². The Morgan fingerprint density at radius 2 is 2.03 bits per heavy atom. The van der Waals surface area contributed by atoms with Crippen LogP contribution in [-0.4, -0.2) is 71.9 Å². The van der Waals surface area contributed by atoms with Crippen molar-refractivity contribution in [2.75, 3.05) is 45.2 Å². The van der Waals surface area contributed by atoms with Gasteiger partial charge in [0.15, 0.2) is 0 Å². The van der Waals surface area contributed by atoms with Crippen LogP contribution in [0, 0.1) is 12.7 Å². The second-order valence-corrected chi connectivity index (χ2v) is 8.95. The predicted molar refractivity (Wildman–Crippen MR) is 120 cm³/mol. The molecule has 0 bridgehead atoms. The van der Waals surface area contributed by atoms with E-state index in [1.54, 1.807) is 23.1 Å². The van der Waals surface area contributed by atoms with Gasteiger partial charge in [-0.2, -0.15) is 0 Å². The fourth-order valence-electron chi connectivity index (χ4n) is 4.53. The van der Waals surface area contributed by atoms with Crippen molar-refractivity contribution in [1.82, 2.24) is 19.8 Å². The van der Waals surface area contributed by atoms with Crippen molar-refractivity contribution >= 4 is 17.6 Å². The van der Waals surface area contributed by atoms with Crippen LogP contribution in [-0.2, 0) is 22.4 Å². The Kier molecular flexibility index (Phi) is 6.50. The van der Waals surface area contributed by atoms with Crippen LogP contribution in [0.15, 0.2) is 24.3 Å². The van der Waals surface area contributed by atoms with E-state index in [0.717, 1.165) is 30.6 Å². The first kappa shape index (κ1) is 22.3. The van der Waals surface area contributed by atoms with Gasteiger partial charge in [0.1, 0.15) is 17.5 Å². The minimum Gasteiger partial charge on any atom is -0.341 e. The van der Waals surface area contributed by atoms with Gasteiger partial charge in [-0.05, 0) is 51.9 Å². The zero-order valence-electron chi connectivity index (χ0n) is 19.0. The molecule has 1 fully saturated rings. The highest BCUT2D eigenvalue weighted by atomic mass is 19.1. The number of likely N-dealkylation sites (tertiary alicyclic amines) is 1. The molecule has 0 N–H and O–H groups in total. The van der Waals surface area contributed by atoms with Gasteiger partial charge in [-0.25, -0.2) is 14.4 Å². The molecule has 0 unspecified atom stereocenters. The predicted octanol–water partition coefficient (Wildman–Crippen LogP) is 2.32. The Morgan fingerprint density at radius 3 is 2.78 bits per heavy atom. The molecule has 3 heterocycles. The molecule has 4 rings (SSSR count). The highest BCUT2D eigenvalue weighted by Crippen LogP contribution is 2.33. The van der Waals surface area contributed by atoms with Gasteiger partial charge in [0.2, 0.25) is 11.8 Å². The van der Waals surface area contributed by atoms with Crippen molar-refractivity contribution in [1.29, 1.82) is 0 Å². The molecule has 2 aliphatic rings. The summed E-state index contributed by atoms with van der Waals surface area (Å²) in [6, 6.07) is 6.64. The topological polar surface area (TPSA) is 69.6 Å². The molecule has 32 heavy (non-hydrogen) atoms. The van der Waals surface area contributed by atoms with E-state index in [9.17, 15) is 14.0 Å². The maximum absolute atomic E-state index is 14.0. The number of aryl methyl sites for hydroxylation is 1. The highest BCUT2D eigenvalue weighted by Gasteiger charge is 2.33. The molecule has 8 heteroatoms. The number of rotatable bonds is 6. The molecule has 7 nitrogen and oxygen atoms in total. The summed E-state index contributed by atoms with van der Waals surface area (Å²) in [6.45, 7) is 4.01. The number of aromatic nitrogens is 2. The first-order valence-electron chi connectivity index (χ1n) is 11.2. The molecule has 2 amide bonds. The Balaban J connectivity index is 1.54. The number of nitrogens with zero attached hydrogens (tertiary/aromatic N) is 5. The van der Waals surface area contributed by atoms with Gasteiger partial charge in [-0.3, -0.25) is 14.5 Å². The van der Waals surface area contributed by atoms with E-state index < -0.39 is 0 Å². The number of anilines is 1. The van der Waals surface area contributed by atoms with Crippen molar-refractivity contribution < 1.29 is 14.0 Å². The Hall–Kier alpha value is -2.87. The summed E-state index contributed by atoms with van der Waals surface area (Å²) in [5, 5.41) is 0. The first-order valence-corrected chi connectivity index (χ1v) is 11.2. The second-order valence-electron chi connectivity index (χ2n) is 8.95.